The number of hydrogen-bond donors (Lipinski definition) is 1. The molecule has 2 rings (SSSR count). The van der Waals surface area contributed by atoms with Crippen molar-refractivity contribution < 1.29 is 19.1 Å². The highest BCUT2D eigenvalue weighted by atomic mass is 79.9. The first-order valence-corrected chi connectivity index (χ1v) is 8.12. The number of benzene rings is 1. The summed E-state index contributed by atoms with van der Waals surface area (Å²) in [7, 11) is 0. The molecule has 1 aliphatic carbocycles. The van der Waals surface area contributed by atoms with Gasteiger partial charge in [0.2, 0.25) is 5.91 Å². The smallest absolute Gasteiger partial charge is 0.338 e. The summed E-state index contributed by atoms with van der Waals surface area (Å²) in [5.41, 5.74) is 0.356. The molecule has 1 saturated carbocycles. The highest BCUT2D eigenvalue weighted by Gasteiger charge is 2.23. The molecule has 1 fully saturated rings. The van der Waals surface area contributed by atoms with Crippen molar-refractivity contribution in [2.45, 2.75) is 32.1 Å². The van der Waals surface area contributed by atoms with Crippen LogP contribution >= 0.6 is 15.9 Å². The van der Waals surface area contributed by atoms with Gasteiger partial charge in [0.05, 0.1) is 5.56 Å². The molecule has 0 aromatic heterocycles. The average molecular weight is 368 g/mol. The minimum atomic E-state index is -0.590. The van der Waals surface area contributed by atoms with Crippen molar-refractivity contribution in [2.24, 2.45) is 5.92 Å². The summed E-state index contributed by atoms with van der Waals surface area (Å²) in [5.74, 6) is -1.53. The molecular weight excluding hydrogens is 350 g/mol. The number of rotatable bonds is 4. The average Bonchev–Trinajstić information content (AvgIpc) is 2.54. The van der Waals surface area contributed by atoms with Crippen LogP contribution in [0.4, 0.5) is 0 Å². The maximum absolute atomic E-state index is 11.9. The molecule has 0 aliphatic heterocycles. The van der Waals surface area contributed by atoms with Gasteiger partial charge in [-0.25, -0.2) is 4.79 Å². The zero-order valence-electron chi connectivity index (χ0n) is 12.1. The lowest BCUT2D eigenvalue weighted by Crippen LogP contribution is -2.38. The predicted molar refractivity (Wildman–Crippen MR) is 84.1 cm³/mol. The van der Waals surface area contributed by atoms with Crippen molar-refractivity contribution >= 4 is 33.7 Å². The number of carbonyl (C=O) groups excluding carboxylic acids is 3. The van der Waals surface area contributed by atoms with E-state index in [9.17, 15) is 14.4 Å². The summed E-state index contributed by atoms with van der Waals surface area (Å²) >= 11 is 3.27. The molecule has 1 aliphatic rings. The van der Waals surface area contributed by atoms with Crippen LogP contribution in [-0.2, 0) is 14.3 Å². The fourth-order valence-electron chi connectivity index (χ4n) is 2.44. The van der Waals surface area contributed by atoms with Crippen molar-refractivity contribution in [1.82, 2.24) is 5.32 Å². The Balaban J connectivity index is 1.76. The lowest BCUT2D eigenvalue weighted by Gasteiger charge is -2.20. The second-order valence-electron chi connectivity index (χ2n) is 5.33. The fourth-order valence-corrected chi connectivity index (χ4v) is 2.71. The number of nitrogens with one attached hydrogen (secondary N) is 1. The van der Waals surface area contributed by atoms with Crippen LogP contribution in [0.5, 0.6) is 0 Å². The molecule has 118 valence electrons. The van der Waals surface area contributed by atoms with Gasteiger partial charge in [0, 0.05) is 10.4 Å². The van der Waals surface area contributed by atoms with E-state index in [0.29, 0.717) is 5.56 Å². The number of imide groups is 1. The summed E-state index contributed by atoms with van der Waals surface area (Å²) in [6.07, 6.45) is 4.81. The van der Waals surface area contributed by atoms with Gasteiger partial charge in [0.25, 0.3) is 5.91 Å². The van der Waals surface area contributed by atoms with Gasteiger partial charge in [-0.2, -0.15) is 0 Å². The van der Waals surface area contributed by atoms with E-state index in [4.69, 9.17) is 4.74 Å². The van der Waals surface area contributed by atoms with Gasteiger partial charge in [-0.05, 0) is 37.1 Å². The fraction of sp³-hybridized carbons (Fsp3) is 0.438. The zero-order valence-corrected chi connectivity index (χ0v) is 13.7. The summed E-state index contributed by atoms with van der Waals surface area (Å²) in [6.45, 7) is -0.451. The molecule has 0 radical (unpaired) electrons. The number of amides is 2. The topological polar surface area (TPSA) is 72.5 Å². The summed E-state index contributed by atoms with van der Waals surface area (Å²) < 4.78 is 5.75. The largest absolute Gasteiger partial charge is 0.452 e. The van der Waals surface area contributed by atoms with Crippen LogP contribution in [0.15, 0.2) is 28.7 Å². The van der Waals surface area contributed by atoms with Gasteiger partial charge < -0.3 is 4.74 Å². The first-order valence-electron chi connectivity index (χ1n) is 7.32. The van der Waals surface area contributed by atoms with Crippen LogP contribution in [0.25, 0.3) is 0 Å². The molecule has 6 heteroatoms. The lowest BCUT2D eigenvalue weighted by atomic mass is 9.89. The van der Waals surface area contributed by atoms with E-state index in [1.807, 2.05) is 0 Å². The molecule has 0 spiro atoms. The maximum atomic E-state index is 11.9. The molecule has 0 heterocycles. The third-order valence-electron chi connectivity index (χ3n) is 3.65. The summed E-state index contributed by atoms with van der Waals surface area (Å²) in [6, 6.07) is 6.61. The summed E-state index contributed by atoms with van der Waals surface area (Å²) in [4.78, 5) is 35.3. The Hall–Kier alpha value is -1.69. The van der Waals surface area contributed by atoms with Crippen molar-refractivity contribution in [2.75, 3.05) is 6.61 Å². The molecular formula is C16H18BrNO4. The number of hydrogen-bond acceptors (Lipinski definition) is 4. The van der Waals surface area contributed by atoms with Crippen LogP contribution in [0, 0.1) is 5.92 Å². The maximum Gasteiger partial charge on any atom is 0.338 e. The Morgan fingerprint density at radius 3 is 2.36 bits per heavy atom. The van der Waals surface area contributed by atoms with Gasteiger partial charge in [0.15, 0.2) is 6.61 Å². The second kappa shape index (κ2) is 8.08. The van der Waals surface area contributed by atoms with Crippen LogP contribution in [0.1, 0.15) is 42.5 Å². The minimum absolute atomic E-state index is 0.0973. The lowest BCUT2D eigenvalue weighted by molar-refractivity contribution is -0.135. The highest BCUT2D eigenvalue weighted by molar-refractivity contribution is 9.10. The normalized spacial score (nSPS) is 15.1. The number of ether oxygens (including phenoxy) is 1. The standard InChI is InChI=1S/C16H18BrNO4/c17-13-8-6-12(7-9-13)16(21)22-10-14(19)18-15(20)11-4-2-1-3-5-11/h6-9,11H,1-5,10H2,(H,18,19,20). The second-order valence-corrected chi connectivity index (χ2v) is 6.25. The Kier molecular flexibility index (Phi) is 6.12. The Morgan fingerprint density at radius 1 is 1.09 bits per heavy atom. The van der Waals surface area contributed by atoms with Crippen molar-refractivity contribution in [1.29, 1.82) is 0 Å². The third kappa shape index (κ3) is 4.94. The predicted octanol–water partition coefficient (Wildman–Crippen LogP) is 2.83. The Bertz CT molecular complexity index is 550. The van der Waals surface area contributed by atoms with Gasteiger partial charge in [0.1, 0.15) is 0 Å². The van der Waals surface area contributed by atoms with E-state index in [1.54, 1.807) is 24.3 Å². The molecule has 0 atom stereocenters. The van der Waals surface area contributed by atoms with E-state index < -0.39 is 18.5 Å². The number of esters is 1. The van der Waals surface area contributed by atoms with Crippen LogP contribution in [-0.4, -0.2) is 24.4 Å². The molecule has 1 aromatic carbocycles. The molecule has 2 amide bonds. The zero-order chi connectivity index (χ0) is 15.9. The van der Waals surface area contributed by atoms with E-state index >= 15 is 0 Å². The van der Waals surface area contributed by atoms with Crippen LogP contribution in [0.2, 0.25) is 0 Å². The molecule has 5 nitrogen and oxygen atoms in total. The molecule has 0 saturated heterocycles. The Morgan fingerprint density at radius 2 is 1.73 bits per heavy atom. The van der Waals surface area contributed by atoms with E-state index in [1.165, 1.54) is 0 Å². The first kappa shape index (κ1) is 16.7. The SMILES string of the molecule is O=C(COC(=O)c1ccc(Br)cc1)NC(=O)C1CCCCC1. The number of halogens is 1. The molecule has 1 aromatic rings. The van der Waals surface area contributed by atoms with E-state index in [-0.39, 0.29) is 11.8 Å². The number of carbonyl (C=O) groups is 3. The first-order chi connectivity index (χ1) is 10.6. The van der Waals surface area contributed by atoms with Crippen LogP contribution in [0.3, 0.4) is 0 Å². The quantitative estimate of drug-likeness (QED) is 0.830. The van der Waals surface area contributed by atoms with Gasteiger partial charge in [-0.1, -0.05) is 35.2 Å². The van der Waals surface area contributed by atoms with Crippen molar-refractivity contribution in [3.8, 4) is 0 Å². The molecule has 1 N–H and O–H groups in total. The van der Waals surface area contributed by atoms with Crippen molar-refractivity contribution in [3.63, 3.8) is 0 Å². The third-order valence-corrected chi connectivity index (χ3v) is 4.18. The van der Waals surface area contributed by atoms with Gasteiger partial charge in [-0.15, -0.1) is 0 Å². The summed E-state index contributed by atoms with van der Waals surface area (Å²) in [5, 5.41) is 2.30. The highest BCUT2D eigenvalue weighted by Crippen LogP contribution is 2.23. The minimum Gasteiger partial charge on any atom is -0.452 e. The molecule has 0 unspecified atom stereocenters. The molecule has 22 heavy (non-hydrogen) atoms. The molecule has 0 bridgehead atoms. The monoisotopic (exact) mass is 367 g/mol. The van der Waals surface area contributed by atoms with Crippen molar-refractivity contribution in [3.05, 3.63) is 34.3 Å². The van der Waals surface area contributed by atoms with Crippen LogP contribution < -0.4 is 5.32 Å². The van der Waals surface area contributed by atoms with E-state index in [2.05, 4.69) is 21.2 Å². The van der Waals surface area contributed by atoms with Gasteiger partial charge in [-0.3, -0.25) is 14.9 Å². The van der Waals surface area contributed by atoms with E-state index in [0.717, 1.165) is 36.6 Å². The van der Waals surface area contributed by atoms with Gasteiger partial charge >= 0.3 is 5.97 Å². The Labute approximate surface area is 137 Å².